The van der Waals surface area contributed by atoms with Gasteiger partial charge in [-0.2, -0.15) is 8.42 Å². The molecule has 0 aliphatic rings. The monoisotopic (exact) mass is 325 g/mol. The lowest BCUT2D eigenvalue weighted by Crippen LogP contribution is -2.13. The molecule has 0 radical (unpaired) electrons. The van der Waals surface area contributed by atoms with Crippen molar-refractivity contribution in [3.8, 4) is 5.75 Å². The number of anilines is 1. The van der Waals surface area contributed by atoms with Crippen LogP contribution in [0.1, 0.15) is 30.2 Å². The molecule has 22 heavy (non-hydrogen) atoms. The van der Waals surface area contributed by atoms with Gasteiger partial charge in [-0.05, 0) is 26.0 Å². The van der Waals surface area contributed by atoms with Crippen LogP contribution in [0, 0.1) is 0 Å². The molecule has 1 aromatic heterocycles. The van der Waals surface area contributed by atoms with Gasteiger partial charge in [0.25, 0.3) is 10.0 Å². The van der Waals surface area contributed by atoms with Gasteiger partial charge in [-0.15, -0.1) is 0 Å². The first-order valence-corrected chi connectivity index (χ1v) is 7.81. The highest BCUT2D eigenvalue weighted by atomic mass is 32.2. The van der Waals surface area contributed by atoms with Crippen molar-refractivity contribution >= 4 is 21.7 Å². The molecule has 8 nitrogen and oxygen atoms in total. The fourth-order valence-electron chi connectivity index (χ4n) is 1.72. The molecule has 0 atom stereocenters. The first kappa shape index (κ1) is 15.8. The highest BCUT2D eigenvalue weighted by Gasteiger charge is 2.19. The second-order valence-corrected chi connectivity index (χ2v) is 6.52. The average molecular weight is 325 g/mol. The van der Waals surface area contributed by atoms with Crippen LogP contribution >= 0.6 is 0 Å². The predicted molar refractivity (Wildman–Crippen MR) is 78.5 cm³/mol. The van der Waals surface area contributed by atoms with E-state index in [9.17, 15) is 18.3 Å². The summed E-state index contributed by atoms with van der Waals surface area (Å²) in [5.41, 5.74) is -0.270. The van der Waals surface area contributed by atoms with Crippen molar-refractivity contribution in [1.82, 2.24) is 9.55 Å². The molecule has 2 rings (SSSR count). The van der Waals surface area contributed by atoms with Crippen LogP contribution in [0.25, 0.3) is 0 Å². The number of sulfonamides is 1. The number of aromatic hydroxyl groups is 1. The number of rotatable bonds is 5. The van der Waals surface area contributed by atoms with Crippen LogP contribution in [0.2, 0.25) is 0 Å². The van der Waals surface area contributed by atoms with E-state index in [-0.39, 0.29) is 22.3 Å². The molecule has 3 N–H and O–H groups in total. The molecular weight excluding hydrogens is 310 g/mol. The number of aromatic carboxylic acids is 1. The molecule has 0 saturated heterocycles. The molecular formula is C13H15N3O5S. The SMILES string of the molecule is CC(C)n1cnc(S(=O)(=O)Nc2ccc(C(=O)O)c(O)c2)c1. The van der Waals surface area contributed by atoms with Crippen molar-refractivity contribution in [1.29, 1.82) is 0 Å². The number of benzene rings is 1. The molecule has 0 saturated carbocycles. The fraction of sp³-hybridized carbons (Fsp3) is 0.231. The third-order valence-electron chi connectivity index (χ3n) is 2.93. The molecule has 0 aliphatic carbocycles. The zero-order chi connectivity index (χ0) is 16.5. The van der Waals surface area contributed by atoms with E-state index in [2.05, 4.69) is 9.71 Å². The number of hydrogen-bond acceptors (Lipinski definition) is 5. The van der Waals surface area contributed by atoms with Crippen LogP contribution in [-0.4, -0.2) is 34.2 Å². The minimum atomic E-state index is -3.92. The van der Waals surface area contributed by atoms with Gasteiger partial charge in [0.1, 0.15) is 11.3 Å². The quantitative estimate of drug-likeness (QED) is 0.768. The van der Waals surface area contributed by atoms with Crippen LogP contribution in [0.5, 0.6) is 5.75 Å². The summed E-state index contributed by atoms with van der Waals surface area (Å²) in [5, 5.41) is 18.2. The Kier molecular flexibility index (Phi) is 4.09. The topological polar surface area (TPSA) is 122 Å². The smallest absolute Gasteiger partial charge is 0.339 e. The Morgan fingerprint density at radius 3 is 2.55 bits per heavy atom. The van der Waals surface area contributed by atoms with E-state index < -0.39 is 21.7 Å². The summed E-state index contributed by atoms with van der Waals surface area (Å²) in [5.74, 6) is -1.83. The van der Waals surface area contributed by atoms with Crippen molar-refractivity contribution in [2.75, 3.05) is 4.72 Å². The van der Waals surface area contributed by atoms with Gasteiger partial charge in [-0.1, -0.05) is 0 Å². The number of imidazole rings is 1. The van der Waals surface area contributed by atoms with Crippen LogP contribution in [0.3, 0.4) is 0 Å². The third kappa shape index (κ3) is 3.19. The van der Waals surface area contributed by atoms with Crippen LogP contribution in [0.15, 0.2) is 35.7 Å². The summed E-state index contributed by atoms with van der Waals surface area (Å²) in [6, 6.07) is 3.46. The highest BCUT2D eigenvalue weighted by molar-refractivity contribution is 7.92. The maximum Gasteiger partial charge on any atom is 0.339 e. The number of aromatic nitrogens is 2. The van der Waals surface area contributed by atoms with E-state index in [4.69, 9.17) is 5.11 Å². The molecule has 0 aliphatic heterocycles. The second-order valence-electron chi connectivity index (χ2n) is 4.90. The predicted octanol–water partition coefficient (Wildman–Crippen LogP) is 1.67. The normalized spacial score (nSPS) is 11.6. The highest BCUT2D eigenvalue weighted by Crippen LogP contribution is 2.24. The summed E-state index contributed by atoms with van der Waals surface area (Å²) >= 11 is 0. The number of carbonyl (C=O) groups is 1. The molecule has 118 valence electrons. The number of nitrogens with one attached hydrogen (secondary N) is 1. The molecule has 0 unspecified atom stereocenters. The average Bonchev–Trinajstić information content (AvgIpc) is 2.88. The fourth-order valence-corrected chi connectivity index (χ4v) is 2.71. The molecule has 9 heteroatoms. The van der Waals surface area contributed by atoms with Crippen molar-refractivity contribution in [2.45, 2.75) is 24.9 Å². The van der Waals surface area contributed by atoms with Gasteiger partial charge in [-0.3, -0.25) is 4.72 Å². The lowest BCUT2D eigenvalue weighted by molar-refractivity contribution is 0.0694. The largest absolute Gasteiger partial charge is 0.507 e. The van der Waals surface area contributed by atoms with Gasteiger partial charge in [0.05, 0.1) is 12.0 Å². The summed E-state index contributed by atoms with van der Waals surface area (Å²) in [4.78, 5) is 14.6. The Balaban J connectivity index is 2.28. The van der Waals surface area contributed by atoms with Crippen LogP contribution in [-0.2, 0) is 10.0 Å². The van der Waals surface area contributed by atoms with Crippen LogP contribution in [0.4, 0.5) is 5.69 Å². The van der Waals surface area contributed by atoms with Gasteiger partial charge in [0.2, 0.25) is 0 Å². The molecule has 1 aromatic carbocycles. The lowest BCUT2D eigenvalue weighted by Gasteiger charge is -2.08. The van der Waals surface area contributed by atoms with E-state index in [1.54, 1.807) is 4.57 Å². The number of carboxylic acids is 1. The minimum absolute atomic E-state index is 0.0431. The van der Waals surface area contributed by atoms with Crippen molar-refractivity contribution in [3.05, 3.63) is 36.3 Å². The van der Waals surface area contributed by atoms with E-state index in [1.165, 1.54) is 18.6 Å². The maximum atomic E-state index is 12.2. The summed E-state index contributed by atoms with van der Waals surface area (Å²) < 4.78 is 28.2. The Morgan fingerprint density at radius 2 is 2.05 bits per heavy atom. The molecule has 0 fully saturated rings. The maximum absolute atomic E-state index is 12.2. The van der Waals surface area contributed by atoms with E-state index in [0.717, 1.165) is 12.1 Å². The van der Waals surface area contributed by atoms with Crippen molar-refractivity contribution in [2.24, 2.45) is 0 Å². The Hall–Kier alpha value is -2.55. The number of hydrogen-bond donors (Lipinski definition) is 3. The second kappa shape index (κ2) is 5.68. The van der Waals surface area contributed by atoms with E-state index >= 15 is 0 Å². The first-order valence-electron chi connectivity index (χ1n) is 6.33. The Labute approximate surface area is 127 Å². The zero-order valence-electron chi connectivity index (χ0n) is 11.9. The van der Waals surface area contributed by atoms with E-state index in [1.807, 2.05) is 13.8 Å². The number of carboxylic acid groups (broad SMARTS) is 1. The van der Waals surface area contributed by atoms with Gasteiger partial charge in [0.15, 0.2) is 5.03 Å². The molecule has 0 amide bonds. The minimum Gasteiger partial charge on any atom is -0.507 e. The van der Waals surface area contributed by atoms with Gasteiger partial charge < -0.3 is 14.8 Å². The molecule has 0 bridgehead atoms. The van der Waals surface area contributed by atoms with E-state index in [0.29, 0.717) is 0 Å². The summed E-state index contributed by atoms with van der Waals surface area (Å²) in [7, 11) is -3.92. The zero-order valence-corrected chi connectivity index (χ0v) is 12.7. The van der Waals surface area contributed by atoms with Gasteiger partial charge in [0, 0.05) is 18.3 Å². The Bertz CT molecular complexity index is 811. The third-order valence-corrected chi connectivity index (χ3v) is 4.20. The lowest BCUT2D eigenvalue weighted by atomic mass is 10.2. The van der Waals surface area contributed by atoms with Crippen LogP contribution < -0.4 is 4.72 Å². The van der Waals surface area contributed by atoms with Crippen molar-refractivity contribution in [3.63, 3.8) is 0 Å². The standard InChI is InChI=1S/C13H15N3O5S/c1-8(2)16-6-12(14-7-16)22(20,21)15-9-3-4-10(13(18)19)11(17)5-9/h3-8,15,17H,1-2H3,(H,18,19). The molecule has 0 spiro atoms. The molecule has 2 aromatic rings. The number of nitrogens with zero attached hydrogens (tertiary/aromatic N) is 2. The molecule has 1 heterocycles. The number of phenols is 1. The van der Waals surface area contributed by atoms with Gasteiger partial charge >= 0.3 is 5.97 Å². The summed E-state index contributed by atoms with van der Waals surface area (Å²) in [6.07, 6.45) is 2.79. The first-order chi connectivity index (χ1) is 10.2. The van der Waals surface area contributed by atoms with Crippen molar-refractivity contribution < 1.29 is 23.4 Å². The van der Waals surface area contributed by atoms with Gasteiger partial charge in [-0.25, -0.2) is 9.78 Å². The summed E-state index contributed by atoms with van der Waals surface area (Å²) in [6.45, 7) is 3.77. The Morgan fingerprint density at radius 1 is 1.36 bits per heavy atom.